The van der Waals surface area contributed by atoms with Crippen molar-refractivity contribution in [3.05, 3.63) is 62.3 Å². The van der Waals surface area contributed by atoms with Crippen molar-refractivity contribution in [2.45, 2.75) is 13.3 Å². The van der Waals surface area contributed by atoms with Gasteiger partial charge in [-0.05, 0) is 24.1 Å². The molecule has 0 fully saturated rings. The van der Waals surface area contributed by atoms with Gasteiger partial charge < -0.3 is 10.9 Å². The summed E-state index contributed by atoms with van der Waals surface area (Å²) >= 11 is 0.911. The fraction of sp³-hybridized carbons (Fsp3) is 0.133. The van der Waals surface area contributed by atoms with Crippen LogP contribution in [0.2, 0.25) is 0 Å². The fourth-order valence-corrected chi connectivity index (χ4v) is 3.41. The number of carbonyl (C=O) groups is 1. The highest BCUT2D eigenvalue weighted by Gasteiger charge is 2.20. The van der Waals surface area contributed by atoms with Crippen molar-refractivity contribution in [1.29, 1.82) is 0 Å². The summed E-state index contributed by atoms with van der Waals surface area (Å²) < 4.78 is 14.6. The molecule has 0 aliphatic carbocycles. The summed E-state index contributed by atoms with van der Waals surface area (Å²) in [4.78, 5) is 28.2. The molecule has 0 saturated carbocycles. The number of thiophene rings is 1. The molecule has 0 radical (unpaired) electrons. The standard InChI is InChI=1S/C15H12FN3O3S/c1-7-11-13(23-12(7)15(21)22)18-10(19(17)14(11)20)6-8-4-2-3-5-9(8)16/h2-5H,6,17H2,1H3,(H,21,22). The molecule has 23 heavy (non-hydrogen) atoms. The minimum absolute atomic E-state index is 0.0354. The van der Waals surface area contributed by atoms with Crippen molar-refractivity contribution in [1.82, 2.24) is 9.66 Å². The Labute approximate surface area is 133 Å². The van der Waals surface area contributed by atoms with E-state index < -0.39 is 17.3 Å². The van der Waals surface area contributed by atoms with Gasteiger partial charge in [0.05, 0.1) is 5.39 Å². The van der Waals surface area contributed by atoms with Crippen molar-refractivity contribution >= 4 is 27.5 Å². The number of hydrogen-bond donors (Lipinski definition) is 2. The number of benzene rings is 1. The van der Waals surface area contributed by atoms with Crippen LogP contribution >= 0.6 is 11.3 Å². The lowest BCUT2D eigenvalue weighted by atomic mass is 10.1. The van der Waals surface area contributed by atoms with E-state index >= 15 is 0 Å². The molecule has 3 aromatic rings. The van der Waals surface area contributed by atoms with Crippen LogP contribution in [0.15, 0.2) is 29.1 Å². The topological polar surface area (TPSA) is 98.2 Å². The molecule has 1 aromatic carbocycles. The van der Waals surface area contributed by atoms with E-state index in [1.165, 1.54) is 6.07 Å². The second-order valence-electron chi connectivity index (χ2n) is 5.01. The second kappa shape index (κ2) is 5.47. The van der Waals surface area contributed by atoms with Gasteiger partial charge in [0.2, 0.25) is 0 Å². The Hall–Kier alpha value is -2.74. The third-order valence-electron chi connectivity index (χ3n) is 3.57. The monoisotopic (exact) mass is 333 g/mol. The normalized spacial score (nSPS) is 11.0. The van der Waals surface area contributed by atoms with Gasteiger partial charge >= 0.3 is 5.97 Å². The van der Waals surface area contributed by atoms with Crippen LogP contribution in [-0.2, 0) is 6.42 Å². The molecule has 0 bridgehead atoms. The molecule has 0 spiro atoms. The molecule has 0 aliphatic rings. The molecule has 0 saturated heterocycles. The minimum Gasteiger partial charge on any atom is -0.477 e. The summed E-state index contributed by atoms with van der Waals surface area (Å²) in [6.07, 6.45) is 0.0354. The molecule has 0 aliphatic heterocycles. The molecule has 3 rings (SSSR count). The van der Waals surface area contributed by atoms with E-state index in [9.17, 15) is 14.0 Å². The fourth-order valence-electron chi connectivity index (χ4n) is 2.38. The predicted octanol–water partition coefficient (Wildman–Crippen LogP) is 1.91. The van der Waals surface area contributed by atoms with Crippen molar-refractivity contribution in [3.8, 4) is 0 Å². The molecule has 0 amide bonds. The maximum absolute atomic E-state index is 13.8. The zero-order chi connectivity index (χ0) is 16.7. The smallest absolute Gasteiger partial charge is 0.346 e. The van der Waals surface area contributed by atoms with E-state index in [1.54, 1.807) is 25.1 Å². The van der Waals surface area contributed by atoms with Gasteiger partial charge in [0.25, 0.3) is 5.56 Å². The highest BCUT2D eigenvalue weighted by atomic mass is 32.1. The molecule has 2 heterocycles. The van der Waals surface area contributed by atoms with Crippen molar-refractivity contribution < 1.29 is 14.3 Å². The summed E-state index contributed by atoms with van der Waals surface area (Å²) in [6, 6.07) is 6.12. The van der Waals surface area contributed by atoms with Crippen LogP contribution in [0.3, 0.4) is 0 Å². The van der Waals surface area contributed by atoms with Crippen LogP contribution in [0.1, 0.15) is 26.6 Å². The highest BCUT2D eigenvalue weighted by molar-refractivity contribution is 7.20. The minimum atomic E-state index is -1.12. The Kier molecular flexibility index (Phi) is 3.61. The number of carboxylic acid groups (broad SMARTS) is 1. The van der Waals surface area contributed by atoms with Crippen LogP contribution in [0, 0.1) is 12.7 Å². The molecule has 0 unspecified atom stereocenters. The second-order valence-corrected chi connectivity index (χ2v) is 6.01. The van der Waals surface area contributed by atoms with Crippen LogP contribution in [0.4, 0.5) is 4.39 Å². The number of nitrogen functional groups attached to an aromatic ring is 1. The lowest BCUT2D eigenvalue weighted by molar-refractivity contribution is 0.0701. The highest BCUT2D eigenvalue weighted by Crippen LogP contribution is 2.27. The molecule has 0 atom stereocenters. The lowest BCUT2D eigenvalue weighted by Gasteiger charge is -2.08. The van der Waals surface area contributed by atoms with E-state index in [1.807, 2.05) is 0 Å². The van der Waals surface area contributed by atoms with Gasteiger partial charge in [0.15, 0.2) is 0 Å². The Morgan fingerprint density at radius 1 is 1.43 bits per heavy atom. The molecule has 3 N–H and O–H groups in total. The van der Waals surface area contributed by atoms with Crippen LogP contribution in [-0.4, -0.2) is 20.7 Å². The third-order valence-corrected chi connectivity index (χ3v) is 4.74. The van der Waals surface area contributed by atoms with Gasteiger partial charge in [-0.15, -0.1) is 11.3 Å². The first-order valence-corrected chi connectivity index (χ1v) is 7.48. The van der Waals surface area contributed by atoms with Crippen LogP contribution < -0.4 is 11.4 Å². The first-order chi connectivity index (χ1) is 10.9. The number of halogens is 1. The lowest BCUT2D eigenvalue weighted by Crippen LogP contribution is -2.31. The number of aromatic nitrogens is 2. The molecule has 8 heteroatoms. The number of nitrogens with two attached hydrogens (primary N) is 1. The maximum Gasteiger partial charge on any atom is 0.346 e. The number of aromatic carboxylic acids is 1. The summed E-state index contributed by atoms with van der Waals surface area (Å²) in [5, 5.41) is 9.35. The third kappa shape index (κ3) is 2.46. The number of hydrogen-bond acceptors (Lipinski definition) is 5. The SMILES string of the molecule is Cc1c(C(=O)O)sc2nc(Cc3ccccc3F)n(N)c(=O)c12. The predicted molar refractivity (Wildman–Crippen MR) is 84.9 cm³/mol. The Bertz CT molecular complexity index is 994. The summed E-state index contributed by atoms with van der Waals surface area (Å²) in [6.45, 7) is 1.54. The van der Waals surface area contributed by atoms with Crippen molar-refractivity contribution in [2.24, 2.45) is 0 Å². The van der Waals surface area contributed by atoms with E-state index in [0.29, 0.717) is 11.1 Å². The molecular formula is C15H12FN3O3S. The average Bonchev–Trinajstić information content (AvgIpc) is 2.84. The number of aryl methyl sites for hydroxylation is 1. The molecule has 118 valence electrons. The van der Waals surface area contributed by atoms with E-state index in [4.69, 9.17) is 10.9 Å². The summed E-state index contributed by atoms with van der Waals surface area (Å²) in [5.74, 6) is 4.41. The Morgan fingerprint density at radius 2 is 2.13 bits per heavy atom. The van der Waals surface area contributed by atoms with Crippen LogP contribution in [0.25, 0.3) is 10.2 Å². The van der Waals surface area contributed by atoms with Gasteiger partial charge in [0.1, 0.15) is 21.3 Å². The zero-order valence-corrected chi connectivity index (χ0v) is 12.9. The van der Waals surface area contributed by atoms with Crippen molar-refractivity contribution in [2.75, 3.05) is 5.84 Å². The quantitative estimate of drug-likeness (QED) is 0.714. The Morgan fingerprint density at radius 3 is 2.78 bits per heavy atom. The van der Waals surface area contributed by atoms with Gasteiger partial charge in [0, 0.05) is 6.42 Å². The first kappa shape index (κ1) is 15.2. The molecule has 2 aromatic heterocycles. The van der Waals surface area contributed by atoms with Gasteiger partial charge in [-0.25, -0.2) is 18.8 Å². The maximum atomic E-state index is 13.8. The summed E-state index contributed by atoms with van der Waals surface area (Å²) in [7, 11) is 0. The molecular weight excluding hydrogens is 321 g/mol. The van der Waals surface area contributed by atoms with E-state index in [2.05, 4.69) is 4.98 Å². The zero-order valence-electron chi connectivity index (χ0n) is 12.0. The number of carboxylic acids is 1. The number of rotatable bonds is 3. The van der Waals surface area contributed by atoms with Crippen LogP contribution in [0.5, 0.6) is 0 Å². The van der Waals surface area contributed by atoms with Crippen molar-refractivity contribution in [3.63, 3.8) is 0 Å². The first-order valence-electron chi connectivity index (χ1n) is 6.67. The van der Waals surface area contributed by atoms with Gasteiger partial charge in [-0.1, -0.05) is 18.2 Å². The average molecular weight is 333 g/mol. The van der Waals surface area contributed by atoms with Gasteiger partial charge in [-0.3, -0.25) is 4.79 Å². The Balaban J connectivity index is 2.20. The largest absolute Gasteiger partial charge is 0.477 e. The molecule has 6 nitrogen and oxygen atoms in total. The number of fused-ring (bicyclic) bond motifs is 1. The summed E-state index contributed by atoms with van der Waals surface area (Å²) in [5.41, 5.74) is 0.152. The van der Waals surface area contributed by atoms with Gasteiger partial charge in [-0.2, -0.15) is 0 Å². The van der Waals surface area contributed by atoms with E-state index in [-0.39, 0.29) is 27.3 Å². The van der Waals surface area contributed by atoms with E-state index in [0.717, 1.165) is 16.0 Å². The number of nitrogens with zero attached hydrogens (tertiary/aromatic N) is 2.